The van der Waals surface area contributed by atoms with Gasteiger partial charge in [0.2, 0.25) is 0 Å². The van der Waals surface area contributed by atoms with E-state index in [0.717, 1.165) is 24.5 Å². The number of ether oxygens (including phenoxy) is 2. The van der Waals surface area contributed by atoms with Crippen molar-refractivity contribution in [2.75, 3.05) is 19.8 Å². The maximum Gasteiger partial charge on any atom is 0.135 e. The zero-order valence-corrected chi connectivity index (χ0v) is 12.6. The molecule has 1 fully saturated rings. The summed E-state index contributed by atoms with van der Waals surface area (Å²) >= 11 is 0. The highest BCUT2D eigenvalue weighted by atomic mass is 16.5. The maximum atomic E-state index is 5.95. The van der Waals surface area contributed by atoms with Crippen LogP contribution < -0.4 is 5.32 Å². The van der Waals surface area contributed by atoms with Gasteiger partial charge in [-0.15, -0.1) is 0 Å². The fraction of sp³-hybridized carbons (Fsp3) is 0.529. The van der Waals surface area contributed by atoms with E-state index in [1.165, 1.54) is 23.8 Å². The van der Waals surface area contributed by atoms with E-state index < -0.39 is 0 Å². The smallest absolute Gasteiger partial charge is 0.135 e. The van der Waals surface area contributed by atoms with E-state index in [-0.39, 0.29) is 0 Å². The molecule has 21 heavy (non-hydrogen) atoms. The van der Waals surface area contributed by atoms with Gasteiger partial charge in [0.15, 0.2) is 0 Å². The molecule has 1 aliphatic rings. The van der Waals surface area contributed by atoms with E-state index in [9.17, 15) is 0 Å². The Hall–Kier alpha value is -1.36. The fourth-order valence-corrected chi connectivity index (χ4v) is 2.42. The quantitative estimate of drug-likeness (QED) is 0.720. The van der Waals surface area contributed by atoms with Crippen LogP contribution in [0.4, 0.5) is 0 Å². The lowest BCUT2D eigenvalue weighted by Crippen LogP contribution is -2.16. The normalized spacial score (nSPS) is 14.9. The molecule has 0 spiro atoms. The number of hydrogen-bond acceptors (Lipinski definition) is 4. The molecule has 2 aromatic rings. The van der Waals surface area contributed by atoms with Gasteiger partial charge in [0.05, 0.1) is 13.2 Å². The van der Waals surface area contributed by atoms with Crippen LogP contribution in [0.25, 0.3) is 11.0 Å². The lowest BCUT2D eigenvalue weighted by Gasteiger charge is -2.06. The first-order valence-electron chi connectivity index (χ1n) is 7.76. The van der Waals surface area contributed by atoms with Crippen LogP contribution in [0.3, 0.4) is 0 Å². The summed E-state index contributed by atoms with van der Waals surface area (Å²) < 4.78 is 16.9. The van der Waals surface area contributed by atoms with Crippen molar-refractivity contribution in [3.63, 3.8) is 0 Å². The summed E-state index contributed by atoms with van der Waals surface area (Å²) in [5, 5.41) is 4.75. The predicted molar refractivity (Wildman–Crippen MR) is 82.2 cm³/mol. The highest BCUT2D eigenvalue weighted by molar-refractivity contribution is 5.82. The zero-order valence-electron chi connectivity index (χ0n) is 12.6. The molecule has 1 N–H and O–H groups in total. The summed E-state index contributed by atoms with van der Waals surface area (Å²) in [6.45, 7) is 5.30. The van der Waals surface area contributed by atoms with Crippen molar-refractivity contribution in [2.45, 2.75) is 39.0 Å². The van der Waals surface area contributed by atoms with Gasteiger partial charge in [-0.1, -0.05) is 18.2 Å². The molecule has 0 saturated heterocycles. The molecule has 4 heteroatoms. The number of rotatable bonds is 9. The number of furan rings is 1. The zero-order chi connectivity index (χ0) is 14.5. The van der Waals surface area contributed by atoms with E-state index in [2.05, 4.69) is 17.4 Å². The molecule has 1 heterocycles. The second kappa shape index (κ2) is 7.07. The van der Waals surface area contributed by atoms with Crippen LogP contribution >= 0.6 is 0 Å². The maximum absolute atomic E-state index is 5.95. The number of fused-ring (bicyclic) bond motifs is 1. The van der Waals surface area contributed by atoms with Crippen molar-refractivity contribution in [3.8, 4) is 0 Å². The van der Waals surface area contributed by atoms with Crippen LogP contribution in [0.1, 0.15) is 31.1 Å². The van der Waals surface area contributed by atoms with Gasteiger partial charge in [0.25, 0.3) is 0 Å². The van der Waals surface area contributed by atoms with Gasteiger partial charge in [-0.3, -0.25) is 0 Å². The summed E-state index contributed by atoms with van der Waals surface area (Å²) in [6, 6.07) is 8.87. The Bertz CT molecular complexity index is 574. The van der Waals surface area contributed by atoms with Gasteiger partial charge in [0, 0.05) is 30.1 Å². The average Bonchev–Trinajstić information content (AvgIpc) is 3.26. The lowest BCUT2D eigenvalue weighted by molar-refractivity contribution is 0.0391. The summed E-state index contributed by atoms with van der Waals surface area (Å²) in [4.78, 5) is 0. The Balaban J connectivity index is 1.67. The van der Waals surface area contributed by atoms with Crippen molar-refractivity contribution in [3.05, 3.63) is 35.6 Å². The third-order valence-electron chi connectivity index (χ3n) is 3.74. The van der Waals surface area contributed by atoms with E-state index in [0.29, 0.717) is 25.9 Å². The Kier molecular flexibility index (Phi) is 4.91. The van der Waals surface area contributed by atoms with Gasteiger partial charge in [-0.2, -0.15) is 0 Å². The van der Waals surface area contributed by atoms with Gasteiger partial charge in [-0.05, 0) is 25.8 Å². The summed E-state index contributed by atoms with van der Waals surface area (Å²) in [6.07, 6.45) is 2.58. The molecule has 1 aromatic heterocycles. The number of para-hydroxylation sites is 1. The highest BCUT2D eigenvalue weighted by Crippen LogP contribution is 2.28. The fourth-order valence-electron chi connectivity index (χ4n) is 2.42. The first-order chi connectivity index (χ1) is 10.4. The minimum absolute atomic E-state index is 0.503. The second-order valence-electron chi connectivity index (χ2n) is 5.40. The first-order valence-corrected chi connectivity index (χ1v) is 7.76. The molecule has 0 amide bonds. The van der Waals surface area contributed by atoms with Crippen molar-refractivity contribution in [1.29, 1.82) is 0 Å². The van der Waals surface area contributed by atoms with Crippen molar-refractivity contribution in [1.82, 2.24) is 5.32 Å². The molecular formula is C17H23NO3. The predicted octanol–water partition coefficient (Wildman–Crippen LogP) is 3.24. The van der Waals surface area contributed by atoms with Crippen LogP contribution in [-0.2, 0) is 22.6 Å². The molecule has 0 bridgehead atoms. The molecule has 0 unspecified atom stereocenters. The number of benzene rings is 1. The summed E-state index contributed by atoms with van der Waals surface area (Å²) in [7, 11) is 0. The van der Waals surface area contributed by atoms with Crippen LogP contribution in [0, 0.1) is 0 Å². The molecule has 0 aliphatic heterocycles. The minimum atomic E-state index is 0.503. The third kappa shape index (κ3) is 3.84. The highest BCUT2D eigenvalue weighted by Gasteiger charge is 2.22. The second-order valence-corrected chi connectivity index (χ2v) is 5.40. The van der Waals surface area contributed by atoms with E-state index in [4.69, 9.17) is 13.9 Å². The first kappa shape index (κ1) is 14.6. The van der Waals surface area contributed by atoms with Crippen LogP contribution in [-0.4, -0.2) is 25.9 Å². The Labute approximate surface area is 125 Å². The monoisotopic (exact) mass is 289 g/mol. The Morgan fingerprint density at radius 3 is 2.81 bits per heavy atom. The van der Waals surface area contributed by atoms with Crippen LogP contribution in [0.2, 0.25) is 0 Å². The topological polar surface area (TPSA) is 43.6 Å². The third-order valence-corrected chi connectivity index (χ3v) is 3.74. The molecular weight excluding hydrogens is 266 g/mol. The average molecular weight is 289 g/mol. The van der Waals surface area contributed by atoms with E-state index in [1.54, 1.807) is 0 Å². The molecule has 114 valence electrons. The van der Waals surface area contributed by atoms with Gasteiger partial charge >= 0.3 is 0 Å². The molecule has 0 radical (unpaired) electrons. The molecule has 4 nitrogen and oxygen atoms in total. The number of hydrogen-bond donors (Lipinski definition) is 1. The van der Waals surface area contributed by atoms with Gasteiger partial charge < -0.3 is 19.2 Å². The van der Waals surface area contributed by atoms with Crippen molar-refractivity contribution < 1.29 is 13.9 Å². The largest absolute Gasteiger partial charge is 0.458 e. The standard InChI is InChI=1S/C17H23NO3/c1-2-19-9-10-20-12-17-15(11-18-13-7-8-13)14-5-3-4-6-16(14)21-17/h3-6,13,18H,2,7-12H2,1H3. The van der Waals surface area contributed by atoms with E-state index in [1.807, 2.05) is 19.1 Å². The summed E-state index contributed by atoms with van der Waals surface area (Å²) in [5.74, 6) is 0.931. The van der Waals surface area contributed by atoms with Gasteiger partial charge in [-0.25, -0.2) is 0 Å². The molecule has 1 aliphatic carbocycles. The Morgan fingerprint density at radius 1 is 1.19 bits per heavy atom. The van der Waals surface area contributed by atoms with E-state index >= 15 is 0 Å². The van der Waals surface area contributed by atoms with Crippen molar-refractivity contribution in [2.24, 2.45) is 0 Å². The molecule has 1 saturated carbocycles. The Morgan fingerprint density at radius 2 is 2.00 bits per heavy atom. The van der Waals surface area contributed by atoms with Crippen LogP contribution in [0.5, 0.6) is 0 Å². The van der Waals surface area contributed by atoms with Gasteiger partial charge in [0.1, 0.15) is 18.0 Å². The SMILES string of the molecule is CCOCCOCc1oc2ccccc2c1CNC1CC1. The number of nitrogens with one attached hydrogen (secondary N) is 1. The molecule has 3 rings (SSSR count). The van der Waals surface area contributed by atoms with Crippen LogP contribution in [0.15, 0.2) is 28.7 Å². The lowest BCUT2D eigenvalue weighted by atomic mass is 10.1. The van der Waals surface area contributed by atoms with Crippen molar-refractivity contribution >= 4 is 11.0 Å². The minimum Gasteiger partial charge on any atom is -0.458 e. The molecule has 0 atom stereocenters. The summed E-state index contributed by atoms with van der Waals surface area (Å²) in [5.41, 5.74) is 2.17. The molecule has 1 aromatic carbocycles.